The number of aliphatic carboxylic acids is 1. The standard InChI is InChI=1S/C14H23N3O4/c15-13(20)11-2-1-5-17(9-11)14(21)16-6-3-10(4-7-16)8-12(18)19/h10-11H,1-9H2,(H2,15,20)(H,18,19). The molecule has 3 amide bonds. The summed E-state index contributed by atoms with van der Waals surface area (Å²) in [7, 11) is 0. The number of nitrogens with two attached hydrogens (primary N) is 1. The maximum atomic E-state index is 12.4. The zero-order valence-electron chi connectivity index (χ0n) is 12.2. The highest BCUT2D eigenvalue weighted by atomic mass is 16.4. The van der Waals surface area contributed by atoms with E-state index in [0.717, 1.165) is 25.7 Å². The monoisotopic (exact) mass is 297 g/mol. The number of hydrogen-bond acceptors (Lipinski definition) is 3. The Labute approximate surface area is 124 Å². The Morgan fingerprint density at radius 2 is 1.71 bits per heavy atom. The van der Waals surface area contributed by atoms with Crippen LogP contribution in [0.4, 0.5) is 4.79 Å². The fraction of sp³-hybridized carbons (Fsp3) is 0.786. The van der Waals surface area contributed by atoms with Gasteiger partial charge in [-0.25, -0.2) is 4.79 Å². The summed E-state index contributed by atoms with van der Waals surface area (Å²) in [5.41, 5.74) is 5.33. The molecule has 0 radical (unpaired) electrons. The van der Waals surface area contributed by atoms with Crippen molar-refractivity contribution in [3.8, 4) is 0 Å². The van der Waals surface area contributed by atoms with Gasteiger partial charge in [-0.2, -0.15) is 0 Å². The maximum Gasteiger partial charge on any atom is 0.320 e. The second-order valence-corrected chi connectivity index (χ2v) is 6.00. The van der Waals surface area contributed by atoms with E-state index in [1.54, 1.807) is 9.80 Å². The fourth-order valence-corrected chi connectivity index (χ4v) is 3.16. The number of carboxylic acid groups (broad SMARTS) is 1. The summed E-state index contributed by atoms with van der Waals surface area (Å²) in [5.74, 6) is -1.20. The van der Waals surface area contributed by atoms with Crippen LogP contribution in [0.1, 0.15) is 32.1 Å². The normalized spacial score (nSPS) is 23.9. The van der Waals surface area contributed by atoms with Crippen LogP contribution in [0.25, 0.3) is 0 Å². The number of nitrogens with zero attached hydrogens (tertiary/aromatic N) is 2. The highest BCUT2D eigenvalue weighted by Crippen LogP contribution is 2.23. The number of rotatable bonds is 3. The Morgan fingerprint density at radius 1 is 1.05 bits per heavy atom. The van der Waals surface area contributed by atoms with E-state index in [1.807, 2.05) is 0 Å². The molecule has 0 saturated carbocycles. The third kappa shape index (κ3) is 4.09. The molecular weight excluding hydrogens is 274 g/mol. The molecule has 0 aromatic heterocycles. The third-order valence-corrected chi connectivity index (χ3v) is 4.44. The predicted octanol–water partition coefficient (Wildman–Crippen LogP) is 0.490. The summed E-state index contributed by atoms with van der Waals surface area (Å²) >= 11 is 0. The van der Waals surface area contributed by atoms with Gasteiger partial charge in [0.1, 0.15) is 0 Å². The summed E-state index contributed by atoms with van der Waals surface area (Å²) in [6.45, 7) is 2.25. The first kappa shape index (κ1) is 15.6. The average Bonchev–Trinajstić information content (AvgIpc) is 2.47. The number of likely N-dealkylation sites (tertiary alicyclic amines) is 2. The Balaban J connectivity index is 1.84. The van der Waals surface area contributed by atoms with Crippen molar-refractivity contribution in [1.82, 2.24) is 9.80 Å². The van der Waals surface area contributed by atoms with E-state index < -0.39 is 5.97 Å². The minimum atomic E-state index is -0.778. The molecule has 7 nitrogen and oxygen atoms in total. The number of carboxylic acids is 1. The molecule has 0 aliphatic carbocycles. The lowest BCUT2D eigenvalue weighted by molar-refractivity contribution is -0.138. The number of carbonyl (C=O) groups is 3. The maximum absolute atomic E-state index is 12.4. The topological polar surface area (TPSA) is 104 Å². The van der Waals surface area contributed by atoms with Crippen molar-refractivity contribution >= 4 is 17.9 Å². The second-order valence-electron chi connectivity index (χ2n) is 6.00. The molecule has 2 fully saturated rings. The van der Waals surface area contributed by atoms with Crippen molar-refractivity contribution in [3.63, 3.8) is 0 Å². The Morgan fingerprint density at radius 3 is 2.29 bits per heavy atom. The predicted molar refractivity (Wildman–Crippen MR) is 75.4 cm³/mol. The van der Waals surface area contributed by atoms with Gasteiger partial charge in [-0.1, -0.05) is 0 Å². The lowest BCUT2D eigenvalue weighted by Gasteiger charge is -2.38. The number of amides is 3. The van der Waals surface area contributed by atoms with Crippen LogP contribution in [0.15, 0.2) is 0 Å². The Kier molecular flexibility index (Phi) is 5.03. The van der Waals surface area contributed by atoms with Crippen LogP contribution in [0.2, 0.25) is 0 Å². The molecule has 118 valence electrons. The van der Waals surface area contributed by atoms with Crippen LogP contribution in [0.3, 0.4) is 0 Å². The van der Waals surface area contributed by atoms with E-state index in [0.29, 0.717) is 26.2 Å². The van der Waals surface area contributed by atoms with Crippen molar-refractivity contribution in [2.45, 2.75) is 32.1 Å². The first-order valence-electron chi connectivity index (χ1n) is 7.52. The van der Waals surface area contributed by atoms with Crippen LogP contribution < -0.4 is 5.73 Å². The minimum absolute atomic E-state index is 0.0466. The summed E-state index contributed by atoms with van der Waals surface area (Å²) in [4.78, 5) is 37.9. The second kappa shape index (κ2) is 6.78. The highest BCUT2D eigenvalue weighted by Gasteiger charge is 2.31. The number of hydrogen-bond donors (Lipinski definition) is 2. The molecule has 2 aliphatic heterocycles. The molecule has 21 heavy (non-hydrogen) atoms. The molecule has 2 heterocycles. The van der Waals surface area contributed by atoms with Gasteiger partial charge < -0.3 is 20.6 Å². The number of carbonyl (C=O) groups excluding carboxylic acids is 2. The molecule has 0 bridgehead atoms. The van der Waals surface area contributed by atoms with Gasteiger partial charge in [0.25, 0.3) is 0 Å². The number of piperidine rings is 2. The molecule has 2 rings (SSSR count). The molecule has 1 atom stereocenters. The van der Waals surface area contributed by atoms with Crippen LogP contribution in [0, 0.1) is 11.8 Å². The molecular formula is C14H23N3O4. The molecule has 0 aromatic rings. The van der Waals surface area contributed by atoms with Gasteiger partial charge in [0, 0.05) is 32.6 Å². The number of urea groups is 1. The van der Waals surface area contributed by atoms with E-state index in [4.69, 9.17) is 10.8 Å². The van der Waals surface area contributed by atoms with Gasteiger partial charge in [0.2, 0.25) is 5.91 Å². The van der Waals surface area contributed by atoms with Crippen molar-refractivity contribution in [2.24, 2.45) is 17.6 Å². The SMILES string of the molecule is NC(=O)C1CCCN(C(=O)N2CCC(CC(=O)O)CC2)C1. The van der Waals surface area contributed by atoms with Crippen LogP contribution >= 0.6 is 0 Å². The Bertz CT molecular complexity index is 418. The van der Waals surface area contributed by atoms with Crippen molar-refractivity contribution in [3.05, 3.63) is 0 Å². The molecule has 0 aromatic carbocycles. The van der Waals surface area contributed by atoms with E-state index in [9.17, 15) is 14.4 Å². The highest BCUT2D eigenvalue weighted by molar-refractivity contribution is 5.79. The lowest BCUT2D eigenvalue weighted by atomic mass is 9.93. The third-order valence-electron chi connectivity index (χ3n) is 4.44. The summed E-state index contributed by atoms with van der Waals surface area (Å²) in [5, 5.41) is 8.79. The van der Waals surface area contributed by atoms with Crippen molar-refractivity contribution in [1.29, 1.82) is 0 Å². The van der Waals surface area contributed by atoms with Gasteiger partial charge in [0.15, 0.2) is 0 Å². The summed E-state index contributed by atoms with van der Waals surface area (Å²) < 4.78 is 0. The molecule has 2 saturated heterocycles. The first-order valence-corrected chi connectivity index (χ1v) is 7.52. The largest absolute Gasteiger partial charge is 0.481 e. The summed E-state index contributed by atoms with van der Waals surface area (Å²) in [6, 6.07) is -0.0466. The zero-order chi connectivity index (χ0) is 15.4. The van der Waals surface area contributed by atoms with Gasteiger partial charge in [-0.05, 0) is 31.6 Å². The minimum Gasteiger partial charge on any atom is -0.481 e. The van der Waals surface area contributed by atoms with E-state index in [-0.39, 0.29) is 30.2 Å². The average molecular weight is 297 g/mol. The number of primary amides is 1. The van der Waals surface area contributed by atoms with Crippen molar-refractivity contribution in [2.75, 3.05) is 26.2 Å². The quantitative estimate of drug-likeness (QED) is 0.791. The van der Waals surface area contributed by atoms with E-state index >= 15 is 0 Å². The molecule has 2 aliphatic rings. The first-order chi connectivity index (χ1) is 9.97. The van der Waals surface area contributed by atoms with E-state index in [1.165, 1.54) is 0 Å². The molecule has 3 N–H and O–H groups in total. The van der Waals surface area contributed by atoms with Crippen molar-refractivity contribution < 1.29 is 19.5 Å². The Hall–Kier alpha value is -1.79. The zero-order valence-corrected chi connectivity index (χ0v) is 12.2. The van der Waals surface area contributed by atoms with Gasteiger partial charge in [-0.15, -0.1) is 0 Å². The smallest absolute Gasteiger partial charge is 0.320 e. The molecule has 7 heteroatoms. The van der Waals surface area contributed by atoms with Gasteiger partial charge in [-0.3, -0.25) is 9.59 Å². The fourth-order valence-electron chi connectivity index (χ4n) is 3.16. The summed E-state index contributed by atoms with van der Waals surface area (Å²) in [6.07, 6.45) is 3.18. The van der Waals surface area contributed by atoms with Crippen LogP contribution in [0.5, 0.6) is 0 Å². The lowest BCUT2D eigenvalue weighted by Crippen LogP contribution is -2.51. The van der Waals surface area contributed by atoms with Crippen LogP contribution in [-0.4, -0.2) is 59.0 Å². The molecule has 1 unspecified atom stereocenters. The molecule has 0 spiro atoms. The van der Waals surface area contributed by atoms with Crippen LogP contribution in [-0.2, 0) is 9.59 Å². The van der Waals surface area contributed by atoms with Gasteiger partial charge >= 0.3 is 12.0 Å². The van der Waals surface area contributed by atoms with Gasteiger partial charge in [0.05, 0.1) is 5.92 Å². The van der Waals surface area contributed by atoms with E-state index in [2.05, 4.69) is 0 Å².